The Balaban J connectivity index is 1.74. The number of nitrogens with zero attached hydrogens (tertiary/aromatic N) is 1. The molecule has 2 aliphatic rings. The lowest BCUT2D eigenvalue weighted by Crippen LogP contribution is -2.33. The number of hydrogen-bond donors (Lipinski definition) is 0. The number of halogens is 3. The van der Waals surface area contributed by atoms with Crippen LogP contribution >= 0.6 is 27.5 Å². The number of likely N-dealkylation sites (tertiary alicyclic amines) is 1. The number of ketones is 1. The third-order valence-electron chi connectivity index (χ3n) is 3.88. The molecule has 4 nitrogen and oxygen atoms in total. The van der Waals surface area contributed by atoms with Crippen LogP contribution in [0.1, 0.15) is 16.8 Å². The van der Waals surface area contributed by atoms with E-state index in [1.165, 1.54) is 6.07 Å². The number of alkyl halides is 1. The summed E-state index contributed by atoms with van der Waals surface area (Å²) in [7, 11) is 0. The van der Waals surface area contributed by atoms with Gasteiger partial charge in [-0.25, -0.2) is 9.18 Å². The summed E-state index contributed by atoms with van der Waals surface area (Å²) >= 11 is 8.94. The molecule has 7 heteroatoms. The molecule has 1 heterocycles. The molecule has 1 aliphatic carbocycles. The molecule has 112 valence electrons. The zero-order chi connectivity index (χ0) is 15.1. The van der Waals surface area contributed by atoms with Crippen molar-refractivity contribution in [2.24, 2.45) is 11.8 Å². The van der Waals surface area contributed by atoms with Gasteiger partial charge in [0.15, 0.2) is 17.3 Å². The molecule has 0 spiro atoms. The van der Waals surface area contributed by atoms with Crippen LogP contribution in [0, 0.1) is 17.7 Å². The van der Waals surface area contributed by atoms with E-state index in [0.29, 0.717) is 24.9 Å². The Kier molecular flexibility index (Phi) is 3.92. The highest BCUT2D eigenvalue weighted by molar-refractivity contribution is 9.09. The van der Waals surface area contributed by atoms with Crippen molar-refractivity contribution in [3.8, 4) is 5.75 Å². The van der Waals surface area contributed by atoms with Crippen molar-refractivity contribution in [3.05, 3.63) is 28.5 Å². The molecule has 0 N–H and O–H groups in total. The van der Waals surface area contributed by atoms with Gasteiger partial charge in [-0.2, -0.15) is 0 Å². The fourth-order valence-electron chi connectivity index (χ4n) is 2.60. The summed E-state index contributed by atoms with van der Waals surface area (Å²) in [5, 5.41) is 0.106. The van der Waals surface area contributed by atoms with Gasteiger partial charge in [0.05, 0.1) is 10.4 Å². The summed E-state index contributed by atoms with van der Waals surface area (Å²) in [6.45, 7) is 1.33. The molecule has 0 aromatic heterocycles. The number of fused-ring (bicyclic) bond motifs is 1. The van der Waals surface area contributed by atoms with Crippen LogP contribution in [-0.2, 0) is 0 Å². The Morgan fingerprint density at radius 2 is 2.05 bits per heavy atom. The lowest BCUT2D eigenvalue weighted by molar-refractivity contribution is 0.102. The van der Waals surface area contributed by atoms with Crippen molar-refractivity contribution in [2.75, 3.05) is 18.4 Å². The van der Waals surface area contributed by atoms with Gasteiger partial charge in [0, 0.05) is 24.7 Å². The van der Waals surface area contributed by atoms with E-state index in [1.54, 1.807) is 4.90 Å². The summed E-state index contributed by atoms with van der Waals surface area (Å²) in [5.74, 6) is -0.218. The number of Topliss-reactive ketones (excluding diaryl/α,β-unsaturated/α-hetero) is 1. The number of amides is 1. The van der Waals surface area contributed by atoms with Crippen LogP contribution < -0.4 is 4.74 Å². The molecule has 2 fully saturated rings. The molecule has 21 heavy (non-hydrogen) atoms. The summed E-state index contributed by atoms with van der Waals surface area (Å²) in [5.41, 5.74) is 0.0632. The van der Waals surface area contributed by atoms with E-state index in [0.717, 1.165) is 12.5 Å². The Hall–Kier alpha value is -1.14. The topological polar surface area (TPSA) is 46.6 Å². The third-order valence-corrected chi connectivity index (χ3v) is 4.70. The fraction of sp³-hybridized carbons (Fsp3) is 0.429. The molecule has 1 saturated carbocycles. The van der Waals surface area contributed by atoms with Gasteiger partial charge in [0.25, 0.3) is 0 Å². The molecule has 2 atom stereocenters. The summed E-state index contributed by atoms with van der Waals surface area (Å²) in [4.78, 5) is 25.1. The molecule has 0 radical (unpaired) electrons. The van der Waals surface area contributed by atoms with Gasteiger partial charge in [-0.1, -0.05) is 27.5 Å². The quantitative estimate of drug-likeness (QED) is 0.599. The molecule has 0 unspecified atom stereocenters. The van der Waals surface area contributed by atoms with Crippen molar-refractivity contribution < 1.29 is 18.7 Å². The lowest BCUT2D eigenvalue weighted by atomic mass is 10.1. The van der Waals surface area contributed by atoms with Crippen molar-refractivity contribution >= 4 is 39.4 Å². The second-order valence-corrected chi connectivity index (χ2v) is 6.32. The Morgan fingerprint density at radius 1 is 1.38 bits per heavy atom. The second kappa shape index (κ2) is 5.57. The number of benzene rings is 1. The number of rotatable bonds is 3. The van der Waals surface area contributed by atoms with E-state index < -0.39 is 11.9 Å². The summed E-state index contributed by atoms with van der Waals surface area (Å²) in [6.07, 6.45) is 0.588. The highest BCUT2D eigenvalue weighted by Crippen LogP contribution is 2.45. The van der Waals surface area contributed by atoms with Crippen LogP contribution in [0.15, 0.2) is 12.1 Å². The Labute approximate surface area is 134 Å². The maximum atomic E-state index is 13.9. The number of piperidine rings is 1. The molecule has 1 amide bonds. The van der Waals surface area contributed by atoms with Crippen LogP contribution in [-0.4, -0.2) is 35.2 Å². The van der Waals surface area contributed by atoms with Crippen molar-refractivity contribution in [2.45, 2.75) is 6.42 Å². The first-order valence-corrected chi connectivity index (χ1v) is 8.04. The molecular weight excluding hydrogens is 365 g/mol. The van der Waals surface area contributed by atoms with Gasteiger partial charge < -0.3 is 9.64 Å². The van der Waals surface area contributed by atoms with Gasteiger partial charge in [-0.15, -0.1) is 0 Å². The zero-order valence-corrected chi connectivity index (χ0v) is 13.3. The molecule has 1 aromatic carbocycles. The highest BCUT2D eigenvalue weighted by atomic mass is 79.9. The van der Waals surface area contributed by atoms with Crippen molar-refractivity contribution in [1.82, 2.24) is 4.90 Å². The van der Waals surface area contributed by atoms with Crippen LogP contribution in [0.4, 0.5) is 9.18 Å². The molecule has 3 rings (SSSR count). The second-order valence-electron chi connectivity index (χ2n) is 5.35. The first kappa shape index (κ1) is 14.8. The van der Waals surface area contributed by atoms with Crippen molar-refractivity contribution in [1.29, 1.82) is 0 Å². The zero-order valence-electron chi connectivity index (χ0n) is 10.9. The van der Waals surface area contributed by atoms with Crippen LogP contribution in [0.3, 0.4) is 0 Å². The minimum Gasteiger partial charge on any atom is -0.407 e. The monoisotopic (exact) mass is 375 g/mol. The predicted molar refractivity (Wildman–Crippen MR) is 78.7 cm³/mol. The first-order valence-electron chi connectivity index (χ1n) is 6.54. The average Bonchev–Trinajstić information content (AvgIpc) is 3.07. The fourth-order valence-corrected chi connectivity index (χ4v) is 3.16. The third kappa shape index (κ3) is 2.92. The maximum absolute atomic E-state index is 13.9. The molecule has 1 aromatic rings. The minimum atomic E-state index is -0.776. The van der Waals surface area contributed by atoms with Gasteiger partial charge >= 0.3 is 6.09 Å². The number of ether oxygens (including phenoxy) is 1. The Morgan fingerprint density at radius 3 is 2.67 bits per heavy atom. The Bertz CT molecular complexity index is 614. The highest BCUT2D eigenvalue weighted by Gasteiger charge is 2.47. The van der Waals surface area contributed by atoms with Gasteiger partial charge in [-0.05, 0) is 24.3 Å². The van der Waals surface area contributed by atoms with Crippen LogP contribution in [0.2, 0.25) is 5.02 Å². The standard InChI is InChI=1S/C14H12BrClFNO3/c15-4-12(19)9-2-11(17)13(3-10(9)16)21-14(20)18-5-7-1-8(7)6-18/h2-3,7-8H,1,4-6H2/t7-,8-/m0/s1. The SMILES string of the molecule is O=C(CBr)c1cc(F)c(OC(=O)N2C[C@@H]3C[C@H]3C2)cc1Cl. The number of carbonyl (C=O) groups excluding carboxylic acids is 2. The van der Waals surface area contributed by atoms with E-state index >= 15 is 0 Å². The smallest absolute Gasteiger partial charge is 0.407 e. The van der Waals surface area contributed by atoms with Crippen LogP contribution in [0.25, 0.3) is 0 Å². The molecule has 1 aliphatic heterocycles. The maximum Gasteiger partial charge on any atom is 0.415 e. The van der Waals surface area contributed by atoms with E-state index in [-0.39, 0.29) is 27.4 Å². The van der Waals surface area contributed by atoms with Gasteiger partial charge in [0.2, 0.25) is 0 Å². The van der Waals surface area contributed by atoms with E-state index in [1.807, 2.05) is 0 Å². The number of hydrogen-bond acceptors (Lipinski definition) is 3. The molecule has 1 saturated heterocycles. The van der Waals surface area contributed by atoms with E-state index in [9.17, 15) is 14.0 Å². The van der Waals surface area contributed by atoms with Gasteiger partial charge in [-0.3, -0.25) is 4.79 Å². The largest absolute Gasteiger partial charge is 0.415 e. The normalized spacial score (nSPS) is 22.9. The summed E-state index contributed by atoms with van der Waals surface area (Å²) in [6, 6.07) is 2.16. The lowest BCUT2D eigenvalue weighted by Gasteiger charge is -2.17. The van der Waals surface area contributed by atoms with Crippen LogP contribution in [0.5, 0.6) is 5.75 Å². The predicted octanol–water partition coefficient (Wildman–Crippen LogP) is 3.51. The average molecular weight is 377 g/mol. The molecular formula is C14H12BrClFNO3. The van der Waals surface area contributed by atoms with Crippen molar-refractivity contribution in [3.63, 3.8) is 0 Å². The van der Waals surface area contributed by atoms with Gasteiger partial charge in [0.1, 0.15) is 0 Å². The first-order chi connectivity index (χ1) is 9.99. The summed E-state index contributed by atoms with van der Waals surface area (Å²) < 4.78 is 19.0. The van der Waals surface area contributed by atoms with E-state index in [2.05, 4.69) is 15.9 Å². The molecule has 0 bridgehead atoms. The van der Waals surface area contributed by atoms with E-state index in [4.69, 9.17) is 16.3 Å². The number of carbonyl (C=O) groups is 2. The minimum absolute atomic E-state index is 0.0435.